The molecule has 3 rings (SSSR count). The summed E-state index contributed by atoms with van der Waals surface area (Å²) in [5.41, 5.74) is 9.55. The van der Waals surface area contributed by atoms with E-state index in [4.69, 9.17) is 5.73 Å². The summed E-state index contributed by atoms with van der Waals surface area (Å²) < 4.78 is 1.90. The lowest BCUT2D eigenvalue weighted by molar-refractivity contribution is 0.276. The second-order valence-electron chi connectivity index (χ2n) is 5.95. The normalized spacial score (nSPS) is 11.3. The molecule has 0 saturated carbocycles. The lowest BCUT2D eigenvalue weighted by Crippen LogP contribution is -2.31. The average Bonchev–Trinajstić information content (AvgIpc) is 3.23. The van der Waals surface area contributed by atoms with Crippen LogP contribution in [0.3, 0.4) is 0 Å². The SMILES string of the molecule is Cn1cc(CN(CCN)CCc2ccccc2)c(-c2cccs2)n1. The second-order valence-corrected chi connectivity index (χ2v) is 6.90. The van der Waals surface area contributed by atoms with Gasteiger partial charge in [-0.05, 0) is 23.4 Å². The van der Waals surface area contributed by atoms with Crippen molar-refractivity contribution in [3.8, 4) is 10.6 Å². The summed E-state index contributed by atoms with van der Waals surface area (Å²) in [6.07, 6.45) is 3.16. The van der Waals surface area contributed by atoms with Crippen molar-refractivity contribution in [3.63, 3.8) is 0 Å². The lowest BCUT2D eigenvalue weighted by atomic mass is 10.1. The summed E-state index contributed by atoms with van der Waals surface area (Å²) in [4.78, 5) is 3.64. The molecule has 0 aliphatic carbocycles. The number of benzene rings is 1. The molecular formula is C19H24N4S. The molecule has 0 saturated heterocycles. The van der Waals surface area contributed by atoms with Gasteiger partial charge in [0.1, 0.15) is 5.69 Å². The molecule has 0 amide bonds. The maximum absolute atomic E-state index is 5.83. The Kier molecular flexibility index (Phi) is 5.80. The van der Waals surface area contributed by atoms with Crippen molar-refractivity contribution in [2.24, 2.45) is 12.8 Å². The van der Waals surface area contributed by atoms with E-state index in [1.54, 1.807) is 11.3 Å². The molecule has 0 aliphatic heterocycles. The third-order valence-electron chi connectivity index (χ3n) is 4.06. The average molecular weight is 340 g/mol. The van der Waals surface area contributed by atoms with Crippen LogP contribution in [-0.4, -0.2) is 34.3 Å². The third-order valence-corrected chi connectivity index (χ3v) is 4.93. The highest BCUT2D eigenvalue weighted by Crippen LogP contribution is 2.27. The fourth-order valence-electron chi connectivity index (χ4n) is 2.90. The topological polar surface area (TPSA) is 47.1 Å². The number of nitrogens with two attached hydrogens (primary N) is 1. The van der Waals surface area contributed by atoms with Crippen molar-refractivity contribution >= 4 is 11.3 Å². The van der Waals surface area contributed by atoms with Gasteiger partial charge in [-0.3, -0.25) is 9.58 Å². The number of hydrogen-bond acceptors (Lipinski definition) is 4. The number of aromatic nitrogens is 2. The predicted molar refractivity (Wildman–Crippen MR) is 101 cm³/mol. The molecule has 0 spiro atoms. The Bertz CT molecular complexity index is 734. The first kappa shape index (κ1) is 16.9. The zero-order valence-electron chi connectivity index (χ0n) is 14.1. The van der Waals surface area contributed by atoms with Gasteiger partial charge in [0.25, 0.3) is 0 Å². The largest absolute Gasteiger partial charge is 0.329 e. The summed E-state index contributed by atoms with van der Waals surface area (Å²) in [6, 6.07) is 14.8. The molecule has 0 unspecified atom stereocenters. The van der Waals surface area contributed by atoms with Crippen LogP contribution in [0.5, 0.6) is 0 Å². The molecule has 0 bridgehead atoms. The molecular weight excluding hydrogens is 316 g/mol. The van der Waals surface area contributed by atoms with E-state index in [2.05, 4.69) is 64.0 Å². The maximum Gasteiger partial charge on any atom is 0.107 e. The van der Waals surface area contributed by atoms with Gasteiger partial charge in [0, 0.05) is 45.0 Å². The standard InChI is InChI=1S/C19H24N4S/c1-22-14-17(19(21-22)18-8-5-13-24-18)15-23(12-10-20)11-9-16-6-3-2-4-7-16/h2-8,13-14H,9-12,15,20H2,1H3. The van der Waals surface area contributed by atoms with Gasteiger partial charge in [-0.1, -0.05) is 36.4 Å². The van der Waals surface area contributed by atoms with Gasteiger partial charge in [-0.25, -0.2) is 0 Å². The molecule has 0 fully saturated rings. The van der Waals surface area contributed by atoms with E-state index in [-0.39, 0.29) is 0 Å². The highest BCUT2D eigenvalue weighted by molar-refractivity contribution is 7.13. The van der Waals surface area contributed by atoms with Gasteiger partial charge in [-0.2, -0.15) is 5.10 Å². The third kappa shape index (κ3) is 4.32. The van der Waals surface area contributed by atoms with E-state index >= 15 is 0 Å². The molecule has 0 aliphatic rings. The summed E-state index contributed by atoms with van der Waals surface area (Å²) in [7, 11) is 1.98. The van der Waals surface area contributed by atoms with Crippen molar-refractivity contribution < 1.29 is 0 Å². The van der Waals surface area contributed by atoms with Crippen LogP contribution in [0.1, 0.15) is 11.1 Å². The minimum Gasteiger partial charge on any atom is -0.329 e. The van der Waals surface area contributed by atoms with E-state index in [1.807, 2.05) is 11.7 Å². The Balaban J connectivity index is 1.71. The fourth-order valence-corrected chi connectivity index (χ4v) is 3.64. The molecule has 2 heterocycles. The van der Waals surface area contributed by atoms with Crippen LogP contribution in [0.2, 0.25) is 0 Å². The highest BCUT2D eigenvalue weighted by atomic mass is 32.1. The Hall–Kier alpha value is -1.95. The van der Waals surface area contributed by atoms with E-state index in [0.717, 1.165) is 31.7 Å². The number of rotatable bonds is 8. The molecule has 0 radical (unpaired) electrons. The summed E-state index contributed by atoms with van der Waals surface area (Å²) >= 11 is 1.74. The van der Waals surface area contributed by atoms with Crippen LogP contribution in [-0.2, 0) is 20.0 Å². The number of nitrogens with zero attached hydrogens (tertiary/aromatic N) is 3. The quantitative estimate of drug-likeness (QED) is 0.685. The van der Waals surface area contributed by atoms with Gasteiger partial charge in [0.05, 0.1) is 4.88 Å². The monoisotopic (exact) mass is 340 g/mol. The van der Waals surface area contributed by atoms with E-state index in [0.29, 0.717) is 6.54 Å². The Labute approximate surface area is 147 Å². The van der Waals surface area contributed by atoms with Gasteiger partial charge < -0.3 is 5.73 Å². The molecule has 0 atom stereocenters. The van der Waals surface area contributed by atoms with Crippen LogP contribution >= 0.6 is 11.3 Å². The van der Waals surface area contributed by atoms with E-state index in [9.17, 15) is 0 Å². The Morgan fingerprint density at radius 2 is 1.96 bits per heavy atom. The van der Waals surface area contributed by atoms with Crippen LogP contribution in [0.4, 0.5) is 0 Å². The second kappa shape index (κ2) is 8.24. The van der Waals surface area contributed by atoms with Gasteiger partial charge in [0.2, 0.25) is 0 Å². The van der Waals surface area contributed by atoms with Gasteiger partial charge in [-0.15, -0.1) is 11.3 Å². The van der Waals surface area contributed by atoms with Crippen LogP contribution < -0.4 is 5.73 Å². The predicted octanol–water partition coefficient (Wildman–Crippen LogP) is 3.15. The van der Waals surface area contributed by atoms with Crippen LogP contribution in [0.25, 0.3) is 10.6 Å². The number of hydrogen-bond donors (Lipinski definition) is 1. The molecule has 5 heteroatoms. The van der Waals surface area contributed by atoms with Crippen molar-refractivity contribution in [1.82, 2.24) is 14.7 Å². The first-order chi connectivity index (χ1) is 11.8. The molecule has 126 valence electrons. The molecule has 24 heavy (non-hydrogen) atoms. The lowest BCUT2D eigenvalue weighted by Gasteiger charge is -2.21. The molecule has 4 nitrogen and oxygen atoms in total. The smallest absolute Gasteiger partial charge is 0.107 e. The zero-order chi connectivity index (χ0) is 16.8. The number of thiophene rings is 1. The Morgan fingerprint density at radius 3 is 2.67 bits per heavy atom. The highest BCUT2D eigenvalue weighted by Gasteiger charge is 2.14. The minimum absolute atomic E-state index is 0.670. The first-order valence-electron chi connectivity index (χ1n) is 8.29. The maximum atomic E-state index is 5.83. The van der Waals surface area contributed by atoms with E-state index in [1.165, 1.54) is 16.0 Å². The summed E-state index contributed by atoms with van der Waals surface area (Å²) in [6.45, 7) is 3.44. The summed E-state index contributed by atoms with van der Waals surface area (Å²) in [5, 5.41) is 6.75. The van der Waals surface area contributed by atoms with Crippen molar-refractivity contribution in [2.45, 2.75) is 13.0 Å². The molecule has 2 N–H and O–H groups in total. The number of aryl methyl sites for hydroxylation is 1. The first-order valence-corrected chi connectivity index (χ1v) is 9.17. The van der Waals surface area contributed by atoms with Gasteiger partial charge >= 0.3 is 0 Å². The zero-order valence-corrected chi connectivity index (χ0v) is 14.9. The van der Waals surface area contributed by atoms with Crippen LogP contribution in [0.15, 0.2) is 54.0 Å². The summed E-state index contributed by atoms with van der Waals surface area (Å²) in [5.74, 6) is 0. The Morgan fingerprint density at radius 1 is 1.12 bits per heavy atom. The van der Waals surface area contributed by atoms with Crippen molar-refractivity contribution in [2.75, 3.05) is 19.6 Å². The molecule has 1 aromatic carbocycles. The van der Waals surface area contributed by atoms with Gasteiger partial charge in [0.15, 0.2) is 0 Å². The van der Waals surface area contributed by atoms with Crippen LogP contribution in [0, 0.1) is 0 Å². The van der Waals surface area contributed by atoms with Crippen molar-refractivity contribution in [3.05, 3.63) is 65.2 Å². The fraction of sp³-hybridized carbons (Fsp3) is 0.316. The minimum atomic E-state index is 0.670. The van der Waals surface area contributed by atoms with Crippen molar-refractivity contribution in [1.29, 1.82) is 0 Å². The molecule has 2 aromatic heterocycles. The molecule has 3 aromatic rings. The van der Waals surface area contributed by atoms with E-state index < -0.39 is 0 Å².